The average Bonchev–Trinajstić information content (AvgIpc) is 2.26. The Kier molecular flexibility index (Phi) is 3.35. The zero-order chi connectivity index (χ0) is 11.4. The van der Waals surface area contributed by atoms with Crippen LogP contribution in [0.25, 0.3) is 0 Å². The van der Waals surface area contributed by atoms with E-state index < -0.39 is 0 Å². The largest absolute Gasteiger partial charge is 0.298 e. The molecular formula is C12H11NO2. The van der Waals surface area contributed by atoms with E-state index in [2.05, 4.69) is 0 Å². The van der Waals surface area contributed by atoms with Crippen molar-refractivity contribution in [2.45, 2.75) is 20.3 Å². The summed E-state index contributed by atoms with van der Waals surface area (Å²) in [5.74, 6) is -0.141. The van der Waals surface area contributed by atoms with Crippen LogP contribution in [-0.4, -0.2) is 12.1 Å². The number of hydrogen-bond donors (Lipinski definition) is 0. The lowest BCUT2D eigenvalue weighted by atomic mass is 9.96. The predicted octanol–water partition coefficient (Wildman–Crippen LogP) is 2.14. The second kappa shape index (κ2) is 4.52. The molecule has 0 aliphatic rings. The van der Waals surface area contributed by atoms with Crippen LogP contribution in [0, 0.1) is 11.3 Å². The quantitative estimate of drug-likeness (QED) is 0.556. The van der Waals surface area contributed by atoms with E-state index in [1.807, 2.05) is 13.0 Å². The number of carbonyl (C=O) groups is 2. The molecule has 0 atom stereocenters. The van der Waals surface area contributed by atoms with Gasteiger partial charge in [-0.15, -0.1) is 0 Å². The number of benzene rings is 1. The summed E-state index contributed by atoms with van der Waals surface area (Å²) in [4.78, 5) is 22.0. The van der Waals surface area contributed by atoms with Gasteiger partial charge in [-0.05, 0) is 31.0 Å². The Morgan fingerprint density at radius 1 is 1.53 bits per heavy atom. The van der Waals surface area contributed by atoms with Crippen LogP contribution < -0.4 is 0 Å². The number of carbonyl (C=O) groups excluding carboxylic acids is 2. The Balaban J connectivity index is 3.51. The molecule has 0 radical (unpaired) electrons. The Morgan fingerprint density at radius 3 is 2.60 bits per heavy atom. The molecule has 0 bridgehead atoms. The molecule has 1 aromatic carbocycles. The predicted molar refractivity (Wildman–Crippen MR) is 55.9 cm³/mol. The molecule has 0 spiro atoms. The molecule has 76 valence electrons. The van der Waals surface area contributed by atoms with Crippen molar-refractivity contribution in [3.05, 3.63) is 34.4 Å². The molecule has 15 heavy (non-hydrogen) atoms. The van der Waals surface area contributed by atoms with Gasteiger partial charge in [0.05, 0.1) is 11.6 Å². The maximum absolute atomic E-state index is 11.2. The van der Waals surface area contributed by atoms with Crippen LogP contribution in [0.2, 0.25) is 0 Å². The van der Waals surface area contributed by atoms with E-state index in [0.29, 0.717) is 35.0 Å². The van der Waals surface area contributed by atoms with Gasteiger partial charge < -0.3 is 0 Å². The third-order valence-corrected chi connectivity index (χ3v) is 2.29. The molecule has 0 unspecified atom stereocenters. The highest BCUT2D eigenvalue weighted by atomic mass is 16.1. The van der Waals surface area contributed by atoms with E-state index in [-0.39, 0.29) is 5.78 Å². The summed E-state index contributed by atoms with van der Waals surface area (Å²) in [6.45, 7) is 3.29. The van der Waals surface area contributed by atoms with Crippen LogP contribution in [0.15, 0.2) is 12.1 Å². The highest BCUT2D eigenvalue weighted by molar-refractivity contribution is 5.96. The molecule has 0 saturated carbocycles. The summed E-state index contributed by atoms with van der Waals surface area (Å²) in [5, 5.41) is 8.90. The summed E-state index contributed by atoms with van der Waals surface area (Å²) in [5.41, 5.74) is 1.96. The van der Waals surface area contributed by atoms with Crippen molar-refractivity contribution in [2.24, 2.45) is 0 Å². The number of Topliss-reactive ketones (excluding diaryl/α,β-unsaturated/α-hetero) is 1. The van der Waals surface area contributed by atoms with Crippen molar-refractivity contribution in [3.63, 3.8) is 0 Å². The molecule has 0 aliphatic heterocycles. The molecule has 0 heterocycles. The molecule has 3 heteroatoms. The first-order chi connectivity index (χ1) is 7.13. The van der Waals surface area contributed by atoms with E-state index in [1.165, 1.54) is 19.1 Å². The topological polar surface area (TPSA) is 57.9 Å². The third kappa shape index (κ3) is 2.10. The number of rotatable bonds is 3. The van der Waals surface area contributed by atoms with Crippen molar-refractivity contribution >= 4 is 12.1 Å². The zero-order valence-electron chi connectivity index (χ0n) is 8.70. The SMILES string of the molecule is CCc1c(C#N)cc(C(C)=O)cc1C=O. The smallest absolute Gasteiger partial charge is 0.159 e. The second-order valence-corrected chi connectivity index (χ2v) is 3.23. The molecule has 0 amide bonds. The molecule has 1 rings (SSSR count). The van der Waals surface area contributed by atoms with E-state index in [9.17, 15) is 9.59 Å². The summed E-state index contributed by atoms with van der Waals surface area (Å²) in [6.07, 6.45) is 1.29. The number of hydrogen-bond acceptors (Lipinski definition) is 3. The highest BCUT2D eigenvalue weighted by Gasteiger charge is 2.10. The van der Waals surface area contributed by atoms with Gasteiger partial charge in [0.2, 0.25) is 0 Å². The Bertz CT molecular complexity index is 455. The summed E-state index contributed by atoms with van der Waals surface area (Å²) in [6, 6.07) is 5.08. The lowest BCUT2D eigenvalue weighted by Crippen LogP contribution is -2.01. The number of ketones is 1. The average molecular weight is 201 g/mol. The number of aldehydes is 1. The molecule has 0 fully saturated rings. The Morgan fingerprint density at radius 2 is 2.20 bits per heavy atom. The fraction of sp³-hybridized carbons (Fsp3) is 0.250. The van der Waals surface area contributed by atoms with Gasteiger partial charge in [-0.25, -0.2) is 0 Å². The monoisotopic (exact) mass is 201 g/mol. The highest BCUT2D eigenvalue weighted by Crippen LogP contribution is 2.17. The van der Waals surface area contributed by atoms with E-state index in [4.69, 9.17) is 5.26 Å². The fourth-order valence-corrected chi connectivity index (χ4v) is 1.50. The van der Waals surface area contributed by atoms with Gasteiger partial charge in [0.25, 0.3) is 0 Å². The standard InChI is InChI=1S/C12H11NO2/c1-3-12-10(6-13)4-9(8(2)15)5-11(12)7-14/h4-5,7H,3H2,1-2H3. The summed E-state index contributed by atoms with van der Waals surface area (Å²) in [7, 11) is 0. The first-order valence-corrected chi connectivity index (χ1v) is 4.67. The maximum atomic E-state index is 11.2. The first-order valence-electron chi connectivity index (χ1n) is 4.67. The van der Waals surface area contributed by atoms with Crippen molar-refractivity contribution < 1.29 is 9.59 Å². The first kappa shape index (κ1) is 11.1. The van der Waals surface area contributed by atoms with Crippen LogP contribution in [0.4, 0.5) is 0 Å². The van der Waals surface area contributed by atoms with E-state index in [0.717, 1.165) is 0 Å². The van der Waals surface area contributed by atoms with Crippen molar-refractivity contribution in [2.75, 3.05) is 0 Å². The Labute approximate surface area is 88.3 Å². The van der Waals surface area contributed by atoms with E-state index in [1.54, 1.807) is 0 Å². The Hall–Kier alpha value is -1.95. The maximum Gasteiger partial charge on any atom is 0.159 e. The molecule has 0 saturated heterocycles. The lowest BCUT2D eigenvalue weighted by molar-refractivity contribution is 0.101. The van der Waals surface area contributed by atoms with E-state index >= 15 is 0 Å². The van der Waals surface area contributed by atoms with Crippen LogP contribution in [0.3, 0.4) is 0 Å². The third-order valence-electron chi connectivity index (χ3n) is 2.29. The van der Waals surface area contributed by atoms with Crippen LogP contribution >= 0.6 is 0 Å². The fourth-order valence-electron chi connectivity index (χ4n) is 1.50. The molecule has 3 nitrogen and oxygen atoms in total. The van der Waals surface area contributed by atoms with Crippen LogP contribution in [0.1, 0.15) is 45.7 Å². The number of nitrogens with zero attached hydrogens (tertiary/aromatic N) is 1. The minimum atomic E-state index is -0.141. The van der Waals surface area contributed by atoms with Crippen LogP contribution in [-0.2, 0) is 6.42 Å². The minimum absolute atomic E-state index is 0.141. The van der Waals surface area contributed by atoms with Gasteiger partial charge in [0.1, 0.15) is 6.29 Å². The van der Waals surface area contributed by atoms with Gasteiger partial charge >= 0.3 is 0 Å². The van der Waals surface area contributed by atoms with Gasteiger partial charge in [-0.3, -0.25) is 9.59 Å². The molecule has 0 N–H and O–H groups in total. The summed E-state index contributed by atoms with van der Waals surface area (Å²) >= 11 is 0. The van der Waals surface area contributed by atoms with Crippen molar-refractivity contribution in [3.8, 4) is 6.07 Å². The van der Waals surface area contributed by atoms with Gasteiger partial charge in [-0.2, -0.15) is 5.26 Å². The van der Waals surface area contributed by atoms with Crippen molar-refractivity contribution in [1.29, 1.82) is 5.26 Å². The van der Waals surface area contributed by atoms with Gasteiger partial charge in [0.15, 0.2) is 5.78 Å². The minimum Gasteiger partial charge on any atom is -0.298 e. The molecule has 1 aromatic rings. The normalized spacial score (nSPS) is 9.40. The van der Waals surface area contributed by atoms with Gasteiger partial charge in [0, 0.05) is 11.1 Å². The lowest BCUT2D eigenvalue weighted by Gasteiger charge is -2.06. The molecular weight excluding hydrogens is 190 g/mol. The van der Waals surface area contributed by atoms with Gasteiger partial charge in [-0.1, -0.05) is 6.92 Å². The number of nitriles is 1. The van der Waals surface area contributed by atoms with Crippen molar-refractivity contribution in [1.82, 2.24) is 0 Å². The zero-order valence-corrected chi connectivity index (χ0v) is 8.70. The molecule has 0 aromatic heterocycles. The van der Waals surface area contributed by atoms with Crippen LogP contribution in [0.5, 0.6) is 0 Å². The molecule has 0 aliphatic carbocycles. The summed E-state index contributed by atoms with van der Waals surface area (Å²) < 4.78 is 0. The second-order valence-electron chi connectivity index (χ2n) is 3.23.